The second kappa shape index (κ2) is 5.08. The maximum Gasteiger partial charge on any atom is 0.416 e. The molecule has 0 radical (unpaired) electrons. The van der Waals surface area contributed by atoms with Crippen LogP contribution in [-0.2, 0) is 22.4 Å². The Balaban J connectivity index is 1.83. The van der Waals surface area contributed by atoms with Crippen molar-refractivity contribution in [2.24, 2.45) is 0 Å². The standard InChI is InChI=1S/C15H14F4O2S/c16-14-8-11(15(17,18)19)2-1-10(14)5-9-6-12-3-4-13(7-9)22(12,20)21/h1-2,6,8,12-13H,3-5,7H2. The van der Waals surface area contributed by atoms with Gasteiger partial charge >= 0.3 is 6.18 Å². The molecule has 1 aromatic carbocycles. The van der Waals surface area contributed by atoms with E-state index < -0.39 is 37.9 Å². The summed E-state index contributed by atoms with van der Waals surface area (Å²) in [6, 6.07) is 2.47. The van der Waals surface area contributed by atoms with Crippen molar-refractivity contribution in [1.29, 1.82) is 0 Å². The van der Waals surface area contributed by atoms with Gasteiger partial charge in [-0.2, -0.15) is 13.2 Å². The van der Waals surface area contributed by atoms with Crippen LogP contribution in [0.25, 0.3) is 0 Å². The van der Waals surface area contributed by atoms with Crippen LogP contribution >= 0.6 is 0 Å². The number of hydrogen-bond donors (Lipinski definition) is 0. The van der Waals surface area contributed by atoms with E-state index in [4.69, 9.17) is 0 Å². The fraction of sp³-hybridized carbons (Fsp3) is 0.467. The number of rotatable bonds is 2. The molecule has 0 spiro atoms. The Labute approximate surface area is 125 Å². The lowest BCUT2D eigenvalue weighted by molar-refractivity contribution is -0.137. The topological polar surface area (TPSA) is 34.1 Å². The van der Waals surface area contributed by atoms with Gasteiger partial charge in [-0.15, -0.1) is 0 Å². The third-order valence-corrected chi connectivity index (χ3v) is 6.92. The summed E-state index contributed by atoms with van der Waals surface area (Å²) in [4.78, 5) is 0. The van der Waals surface area contributed by atoms with Gasteiger partial charge in [-0.05, 0) is 43.4 Å². The molecule has 2 heterocycles. The molecule has 1 aromatic rings. The summed E-state index contributed by atoms with van der Waals surface area (Å²) in [5.74, 6) is -0.906. The first-order valence-corrected chi connectivity index (χ1v) is 8.57. The molecule has 0 saturated carbocycles. The largest absolute Gasteiger partial charge is 0.416 e. The van der Waals surface area contributed by atoms with Gasteiger partial charge in [0, 0.05) is 0 Å². The van der Waals surface area contributed by atoms with E-state index in [-0.39, 0.29) is 12.0 Å². The zero-order valence-electron chi connectivity index (χ0n) is 11.5. The monoisotopic (exact) mass is 334 g/mol. The van der Waals surface area contributed by atoms with E-state index in [1.54, 1.807) is 6.08 Å². The smallest absolute Gasteiger partial charge is 0.228 e. The SMILES string of the molecule is O=S1(=O)C2C=C(Cc3ccc(C(F)(F)F)cc3F)CC1CC2. The molecule has 2 aliphatic rings. The average molecular weight is 334 g/mol. The van der Waals surface area contributed by atoms with Crippen LogP contribution in [0.5, 0.6) is 0 Å². The Morgan fingerprint density at radius 3 is 2.50 bits per heavy atom. The van der Waals surface area contributed by atoms with E-state index in [0.717, 1.165) is 17.7 Å². The zero-order valence-corrected chi connectivity index (χ0v) is 12.3. The average Bonchev–Trinajstić information content (AvgIpc) is 2.61. The first-order valence-electron chi connectivity index (χ1n) is 6.96. The van der Waals surface area contributed by atoms with E-state index >= 15 is 0 Å². The van der Waals surface area contributed by atoms with Gasteiger partial charge in [-0.25, -0.2) is 12.8 Å². The lowest BCUT2D eigenvalue weighted by Gasteiger charge is -2.20. The fourth-order valence-corrected chi connectivity index (χ4v) is 5.44. The predicted molar refractivity (Wildman–Crippen MR) is 73.5 cm³/mol. The van der Waals surface area contributed by atoms with Crippen molar-refractivity contribution < 1.29 is 26.0 Å². The summed E-state index contributed by atoms with van der Waals surface area (Å²) in [7, 11) is -3.11. The Morgan fingerprint density at radius 1 is 1.18 bits per heavy atom. The molecule has 120 valence electrons. The van der Waals surface area contributed by atoms with E-state index in [1.165, 1.54) is 0 Å². The zero-order chi connectivity index (χ0) is 16.1. The van der Waals surface area contributed by atoms with E-state index in [9.17, 15) is 26.0 Å². The highest BCUT2D eigenvalue weighted by Gasteiger charge is 2.43. The van der Waals surface area contributed by atoms with Gasteiger partial charge in [0.05, 0.1) is 16.1 Å². The molecule has 2 aliphatic heterocycles. The number of alkyl halides is 3. The summed E-state index contributed by atoms with van der Waals surface area (Å²) >= 11 is 0. The molecule has 0 amide bonds. The Kier molecular flexibility index (Phi) is 3.58. The lowest BCUT2D eigenvalue weighted by Crippen LogP contribution is -2.27. The first kappa shape index (κ1) is 15.5. The summed E-state index contributed by atoms with van der Waals surface area (Å²) in [5.41, 5.74) is -0.0621. The van der Waals surface area contributed by atoms with Gasteiger partial charge in [0.1, 0.15) is 5.82 Å². The van der Waals surface area contributed by atoms with Crippen molar-refractivity contribution in [3.63, 3.8) is 0 Å². The van der Waals surface area contributed by atoms with Crippen LogP contribution in [-0.4, -0.2) is 18.9 Å². The molecule has 1 fully saturated rings. The predicted octanol–water partition coefficient (Wildman–Crippen LogP) is 3.66. The van der Waals surface area contributed by atoms with Crippen LogP contribution < -0.4 is 0 Å². The van der Waals surface area contributed by atoms with Crippen molar-refractivity contribution in [2.75, 3.05) is 0 Å². The normalized spacial score (nSPS) is 26.8. The van der Waals surface area contributed by atoms with Crippen LogP contribution in [0.4, 0.5) is 17.6 Å². The van der Waals surface area contributed by atoms with Crippen molar-refractivity contribution in [3.05, 3.63) is 46.8 Å². The van der Waals surface area contributed by atoms with Crippen LogP contribution in [0.15, 0.2) is 29.8 Å². The van der Waals surface area contributed by atoms with Gasteiger partial charge in [0.15, 0.2) is 9.84 Å². The van der Waals surface area contributed by atoms with Crippen molar-refractivity contribution in [1.82, 2.24) is 0 Å². The number of fused-ring (bicyclic) bond motifs is 2. The van der Waals surface area contributed by atoms with Gasteiger partial charge in [-0.1, -0.05) is 17.7 Å². The second-order valence-corrected chi connectivity index (χ2v) is 8.29. The lowest BCUT2D eigenvalue weighted by atomic mass is 9.99. The molecule has 0 aliphatic carbocycles. The Bertz CT molecular complexity index is 734. The van der Waals surface area contributed by atoms with E-state index in [0.29, 0.717) is 25.3 Å². The minimum Gasteiger partial charge on any atom is -0.228 e. The number of hydrogen-bond acceptors (Lipinski definition) is 2. The maximum atomic E-state index is 13.9. The molecule has 22 heavy (non-hydrogen) atoms. The molecule has 2 unspecified atom stereocenters. The van der Waals surface area contributed by atoms with Crippen LogP contribution in [0.1, 0.15) is 30.4 Å². The summed E-state index contributed by atoms with van der Waals surface area (Å²) < 4.78 is 75.3. The molecular formula is C15H14F4O2S. The highest BCUT2D eigenvalue weighted by Crippen LogP contribution is 2.38. The summed E-state index contributed by atoms with van der Waals surface area (Å²) in [6.07, 6.45) is -1.24. The maximum absolute atomic E-state index is 13.9. The summed E-state index contributed by atoms with van der Waals surface area (Å²) in [5, 5.41) is -0.936. The molecular weight excluding hydrogens is 320 g/mol. The van der Waals surface area contributed by atoms with Crippen molar-refractivity contribution >= 4 is 9.84 Å². The minimum absolute atomic E-state index is 0.159. The quantitative estimate of drug-likeness (QED) is 0.611. The van der Waals surface area contributed by atoms with Crippen LogP contribution in [0, 0.1) is 5.82 Å². The number of benzene rings is 1. The molecule has 2 bridgehead atoms. The van der Waals surface area contributed by atoms with Crippen LogP contribution in [0.2, 0.25) is 0 Å². The molecule has 1 saturated heterocycles. The highest BCUT2D eigenvalue weighted by molar-refractivity contribution is 7.93. The Hall–Kier alpha value is -1.37. The second-order valence-electron chi connectivity index (χ2n) is 5.84. The third kappa shape index (κ3) is 2.66. The molecule has 7 heteroatoms. The van der Waals surface area contributed by atoms with Gasteiger partial charge in [-0.3, -0.25) is 0 Å². The third-order valence-electron chi connectivity index (χ3n) is 4.37. The Morgan fingerprint density at radius 2 is 1.91 bits per heavy atom. The number of sulfone groups is 1. The van der Waals surface area contributed by atoms with Gasteiger partial charge in [0.25, 0.3) is 0 Å². The molecule has 2 atom stereocenters. The van der Waals surface area contributed by atoms with E-state index in [2.05, 4.69) is 0 Å². The summed E-state index contributed by atoms with van der Waals surface area (Å²) in [6.45, 7) is 0. The number of halogens is 4. The van der Waals surface area contributed by atoms with E-state index in [1.807, 2.05) is 0 Å². The van der Waals surface area contributed by atoms with Crippen molar-refractivity contribution in [3.8, 4) is 0 Å². The highest BCUT2D eigenvalue weighted by atomic mass is 32.2. The van der Waals surface area contributed by atoms with Crippen LogP contribution in [0.3, 0.4) is 0 Å². The molecule has 0 N–H and O–H groups in total. The molecule has 0 aromatic heterocycles. The van der Waals surface area contributed by atoms with Gasteiger partial charge in [0.2, 0.25) is 0 Å². The van der Waals surface area contributed by atoms with Gasteiger partial charge < -0.3 is 0 Å². The molecule has 2 nitrogen and oxygen atoms in total. The minimum atomic E-state index is -4.57. The fourth-order valence-electron chi connectivity index (χ4n) is 3.19. The molecule has 3 rings (SSSR count). The van der Waals surface area contributed by atoms with Crippen molar-refractivity contribution in [2.45, 2.75) is 42.4 Å². The first-order chi connectivity index (χ1) is 10.2. The number of allylic oxidation sites excluding steroid dienone is 1.